The largest absolute Gasteiger partial charge is 0.387 e. The van der Waals surface area contributed by atoms with E-state index in [1.807, 2.05) is 6.07 Å². The minimum Gasteiger partial charge on any atom is -0.387 e. The van der Waals surface area contributed by atoms with Gasteiger partial charge in [-0.15, -0.1) is 0 Å². The van der Waals surface area contributed by atoms with Crippen LogP contribution in [0, 0.1) is 11.3 Å². The lowest BCUT2D eigenvalue weighted by atomic mass is 10.2. The molecule has 0 aromatic heterocycles. The molecule has 0 amide bonds. The first kappa shape index (κ1) is 7.90. The van der Waals surface area contributed by atoms with E-state index < -0.39 is 0 Å². The molecule has 56 valence electrons. The number of anilines is 1. The maximum absolute atomic E-state index is 8.53. The molecule has 0 radical (unpaired) electrons. The van der Waals surface area contributed by atoms with Crippen LogP contribution in [0.5, 0.6) is 0 Å². The summed E-state index contributed by atoms with van der Waals surface area (Å²) < 4.78 is 0. The van der Waals surface area contributed by atoms with Crippen LogP contribution in [0.25, 0.3) is 0 Å². The van der Waals surface area contributed by atoms with Crippen LogP contribution < -0.4 is 5.32 Å². The topological polar surface area (TPSA) is 35.8 Å². The minimum absolute atomic E-state index is 0.610. The Hall–Kier alpha value is -1.20. The molecule has 0 aliphatic carbocycles. The summed E-state index contributed by atoms with van der Waals surface area (Å²) in [5, 5.41) is 12.0. The smallest absolute Gasteiger partial charge is 0.0992 e. The number of nitrogens with one attached hydrogen (secondary N) is 1. The van der Waals surface area contributed by atoms with Crippen molar-refractivity contribution in [3.63, 3.8) is 0 Å². The summed E-state index contributed by atoms with van der Waals surface area (Å²) in [6.07, 6.45) is 0. The van der Waals surface area contributed by atoms with Crippen molar-refractivity contribution >= 4 is 17.3 Å². The molecule has 0 aliphatic rings. The number of nitrogens with zero attached hydrogens (tertiary/aromatic N) is 1. The van der Waals surface area contributed by atoms with Gasteiger partial charge in [0.15, 0.2) is 0 Å². The van der Waals surface area contributed by atoms with E-state index >= 15 is 0 Å². The van der Waals surface area contributed by atoms with Crippen LogP contribution in [0.4, 0.5) is 5.69 Å². The molecular formula is C8H7ClN2. The standard InChI is InChI=1S/C8H7ClN2/c1-11-8-4-6(5-10)2-3-7(8)9/h2-4,11H,1H3. The number of hydrogen-bond acceptors (Lipinski definition) is 2. The zero-order chi connectivity index (χ0) is 8.27. The van der Waals surface area contributed by atoms with Crippen molar-refractivity contribution < 1.29 is 0 Å². The average molecular weight is 167 g/mol. The molecule has 0 aliphatic heterocycles. The van der Waals surface area contributed by atoms with Gasteiger partial charge in [0.05, 0.1) is 22.3 Å². The van der Waals surface area contributed by atoms with Crippen LogP contribution in [0.2, 0.25) is 5.02 Å². The Labute approximate surface area is 70.4 Å². The molecular weight excluding hydrogens is 160 g/mol. The monoisotopic (exact) mass is 166 g/mol. The van der Waals surface area contributed by atoms with Crippen LogP contribution >= 0.6 is 11.6 Å². The van der Waals surface area contributed by atoms with E-state index in [1.54, 1.807) is 25.2 Å². The summed E-state index contributed by atoms with van der Waals surface area (Å²) in [5.74, 6) is 0. The molecule has 0 fully saturated rings. The Bertz CT molecular complexity index is 301. The van der Waals surface area contributed by atoms with Crippen LogP contribution in [-0.2, 0) is 0 Å². The molecule has 2 nitrogen and oxygen atoms in total. The fourth-order valence-corrected chi connectivity index (χ4v) is 0.998. The van der Waals surface area contributed by atoms with Gasteiger partial charge in [-0.1, -0.05) is 11.6 Å². The number of nitriles is 1. The van der Waals surface area contributed by atoms with E-state index in [1.165, 1.54) is 0 Å². The molecule has 1 aromatic rings. The highest BCUT2D eigenvalue weighted by atomic mass is 35.5. The molecule has 0 spiro atoms. The first-order valence-electron chi connectivity index (χ1n) is 3.15. The molecule has 0 saturated heterocycles. The third-order valence-electron chi connectivity index (χ3n) is 1.36. The molecule has 3 heteroatoms. The van der Waals surface area contributed by atoms with E-state index in [0.29, 0.717) is 10.6 Å². The van der Waals surface area contributed by atoms with Crippen LogP contribution in [0.1, 0.15) is 5.56 Å². The molecule has 0 unspecified atom stereocenters. The molecule has 0 saturated carbocycles. The lowest BCUT2D eigenvalue weighted by molar-refractivity contribution is 1.46. The molecule has 11 heavy (non-hydrogen) atoms. The Balaban J connectivity index is 3.15. The van der Waals surface area contributed by atoms with Crippen molar-refractivity contribution in [1.29, 1.82) is 5.26 Å². The Morgan fingerprint density at radius 1 is 1.55 bits per heavy atom. The molecule has 0 atom stereocenters. The predicted octanol–water partition coefficient (Wildman–Crippen LogP) is 2.25. The second-order valence-electron chi connectivity index (χ2n) is 2.06. The Kier molecular flexibility index (Phi) is 2.35. The maximum atomic E-state index is 8.53. The van der Waals surface area contributed by atoms with Crippen LogP contribution in [0.15, 0.2) is 18.2 Å². The van der Waals surface area contributed by atoms with Crippen LogP contribution in [0.3, 0.4) is 0 Å². The van der Waals surface area contributed by atoms with E-state index in [4.69, 9.17) is 16.9 Å². The van der Waals surface area contributed by atoms with Crippen molar-refractivity contribution in [3.05, 3.63) is 28.8 Å². The summed E-state index contributed by atoms with van der Waals surface area (Å²) in [7, 11) is 1.77. The maximum Gasteiger partial charge on any atom is 0.0992 e. The quantitative estimate of drug-likeness (QED) is 0.695. The zero-order valence-corrected chi connectivity index (χ0v) is 6.81. The van der Waals surface area contributed by atoms with Crippen molar-refractivity contribution in [1.82, 2.24) is 0 Å². The summed E-state index contributed by atoms with van der Waals surface area (Å²) >= 11 is 5.78. The van der Waals surface area contributed by atoms with Gasteiger partial charge in [-0.2, -0.15) is 5.26 Å². The summed E-state index contributed by atoms with van der Waals surface area (Å²) in [6, 6.07) is 7.12. The number of halogens is 1. The first-order chi connectivity index (χ1) is 5.27. The van der Waals surface area contributed by atoms with Crippen molar-refractivity contribution in [2.45, 2.75) is 0 Å². The van der Waals surface area contributed by atoms with Gasteiger partial charge < -0.3 is 5.32 Å². The number of benzene rings is 1. The Morgan fingerprint density at radius 2 is 2.27 bits per heavy atom. The van der Waals surface area contributed by atoms with Crippen molar-refractivity contribution in [2.24, 2.45) is 0 Å². The average Bonchev–Trinajstić information content (AvgIpc) is 2.05. The van der Waals surface area contributed by atoms with E-state index in [9.17, 15) is 0 Å². The van der Waals surface area contributed by atoms with Gasteiger partial charge in [-0.05, 0) is 18.2 Å². The summed E-state index contributed by atoms with van der Waals surface area (Å²) in [4.78, 5) is 0. The van der Waals surface area contributed by atoms with Crippen molar-refractivity contribution in [3.8, 4) is 6.07 Å². The second kappa shape index (κ2) is 3.27. The van der Waals surface area contributed by atoms with Gasteiger partial charge in [-0.3, -0.25) is 0 Å². The lowest BCUT2D eigenvalue weighted by Crippen LogP contribution is -1.89. The first-order valence-corrected chi connectivity index (χ1v) is 3.53. The summed E-state index contributed by atoms with van der Waals surface area (Å²) in [6.45, 7) is 0. The van der Waals surface area contributed by atoms with Gasteiger partial charge in [-0.25, -0.2) is 0 Å². The molecule has 0 bridgehead atoms. The van der Waals surface area contributed by atoms with E-state index in [2.05, 4.69) is 5.32 Å². The van der Waals surface area contributed by atoms with Crippen molar-refractivity contribution in [2.75, 3.05) is 12.4 Å². The molecule has 1 rings (SSSR count). The molecule has 1 aromatic carbocycles. The Morgan fingerprint density at radius 3 is 2.82 bits per heavy atom. The van der Waals surface area contributed by atoms with Gasteiger partial charge in [0, 0.05) is 7.05 Å². The fourth-order valence-electron chi connectivity index (χ4n) is 0.786. The second-order valence-corrected chi connectivity index (χ2v) is 2.46. The van der Waals surface area contributed by atoms with Gasteiger partial charge in [0.1, 0.15) is 0 Å². The zero-order valence-electron chi connectivity index (χ0n) is 6.06. The highest BCUT2D eigenvalue weighted by molar-refractivity contribution is 6.33. The third kappa shape index (κ3) is 1.63. The van der Waals surface area contributed by atoms with Gasteiger partial charge in [0.25, 0.3) is 0 Å². The van der Waals surface area contributed by atoms with Gasteiger partial charge >= 0.3 is 0 Å². The summed E-state index contributed by atoms with van der Waals surface area (Å²) in [5.41, 5.74) is 1.39. The molecule has 1 N–H and O–H groups in total. The SMILES string of the molecule is CNc1cc(C#N)ccc1Cl. The van der Waals surface area contributed by atoms with E-state index in [-0.39, 0.29) is 0 Å². The minimum atomic E-state index is 0.610. The predicted molar refractivity (Wildman–Crippen MR) is 45.7 cm³/mol. The molecule has 0 heterocycles. The highest BCUT2D eigenvalue weighted by Crippen LogP contribution is 2.21. The van der Waals surface area contributed by atoms with Crippen LogP contribution in [-0.4, -0.2) is 7.05 Å². The number of hydrogen-bond donors (Lipinski definition) is 1. The lowest BCUT2D eigenvalue weighted by Gasteiger charge is -2.01. The van der Waals surface area contributed by atoms with E-state index in [0.717, 1.165) is 5.69 Å². The third-order valence-corrected chi connectivity index (χ3v) is 1.69. The highest BCUT2D eigenvalue weighted by Gasteiger charge is 1.97. The normalized spacial score (nSPS) is 8.82. The van der Waals surface area contributed by atoms with Gasteiger partial charge in [0.2, 0.25) is 0 Å². The fraction of sp³-hybridized carbons (Fsp3) is 0.125. The number of rotatable bonds is 1.